The summed E-state index contributed by atoms with van der Waals surface area (Å²) in [6.45, 7) is 5.84. The molecule has 90 heavy (non-hydrogen) atoms. The summed E-state index contributed by atoms with van der Waals surface area (Å²) in [6, 6.07) is -1.02. The van der Waals surface area contributed by atoms with Crippen LogP contribution in [-0.4, -0.2) is 99.6 Å². The molecule has 0 spiro atoms. The van der Waals surface area contributed by atoms with E-state index in [0.717, 1.165) is 64.2 Å². The van der Waals surface area contributed by atoms with Crippen LogP contribution in [-0.2, 0) is 23.8 Å². The van der Waals surface area contributed by atoms with Crippen LogP contribution in [0.3, 0.4) is 0 Å². The molecule has 530 valence electrons. The number of amides is 1. The molecule has 6 N–H and O–H groups in total. The Balaban J connectivity index is 2.49. The van der Waals surface area contributed by atoms with E-state index in [4.69, 9.17) is 14.2 Å². The first kappa shape index (κ1) is 85.9. The molecule has 0 aliphatic carbocycles. The quantitative estimate of drug-likeness (QED) is 0.0195. The van der Waals surface area contributed by atoms with Crippen molar-refractivity contribution in [2.75, 3.05) is 13.2 Å². The molecule has 1 saturated heterocycles. The topological polar surface area (TPSA) is 175 Å². The molecule has 8 unspecified atom stereocenters. The van der Waals surface area contributed by atoms with Gasteiger partial charge in [0.1, 0.15) is 24.4 Å². The van der Waals surface area contributed by atoms with Crippen LogP contribution in [0.25, 0.3) is 0 Å². The molecule has 1 aliphatic heterocycles. The highest BCUT2D eigenvalue weighted by molar-refractivity contribution is 5.80. The summed E-state index contributed by atoms with van der Waals surface area (Å²) in [6.07, 6.45) is 73.4. The second-order valence-electron chi connectivity index (χ2n) is 27.5. The number of nitrogens with one attached hydrogen (secondary N) is 1. The molecule has 0 radical (unpaired) electrons. The van der Waals surface area contributed by atoms with Crippen molar-refractivity contribution in [1.82, 2.24) is 5.32 Å². The lowest BCUT2D eigenvalue weighted by Crippen LogP contribution is -2.61. The number of rotatable bonds is 69. The molecule has 0 aromatic carbocycles. The zero-order valence-electron chi connectivity index (χ0n) is 59.3. The molecule has 0 aromatic rings. The van der Waals surface area contributed by atoms with E-state index >= 15 is 0 Å². The van der Waals surface area contributed by atoms with Gasteiger partial charge in [-0.05, 0) is 57.8 Å². The van der Waals surface area contributed by atoms with Crippen LogP contribution in [0, 0.1) is 0 Å². The first-order valence-corrected chi connectivity index (χ1v) is 39.3. The largest absolute Gasteiger partial charge is 0.454 e. The van der Waals surface area contributed by atoms with E-state index in [2.05, 4.69) is 50.4 Å². The molecule has 1 amide bonds. The third kappa shape index (κ3) is 53.2. The van der Waals surface area contributed by atoms with Crippen LogP contribution < -0.4 is 5.32 Å². The minimum absolute atomic E-state index is 0.130. The van der Waals surface area contributed by atoms with Crippen molar-refractivity contribution >= 4 is 11.9 Å². The number of aliphatic hydroxyl groups is 5. The molecule has 0 bridgehead atoms. The molecule has 0 aromatic heterocycles. The second-order valence-corrected chi connectivity index (χ2v) is 27.5. The third-order valence-electron chi connectivity index (χ3n) is 18.8. The van der Waals surface area contributed by atoms with Gasteiger partial charge in [-0.2, -0.15) is 0 Å². The number of carbonyl (C=O) groups is 2. The monoisotopic (exact) mass is 1270 g/mol. The molecule has 1 rings (SSSR count). The fourth-order valence-corrected chi connectivity index (χ4v) is 12.6. The maximum absolute atomic E-state index is 13.5. The highest BCUT2D eigenvalue weighted by atomic mass is 16.7. The Morgan fingerprint density at radius 1 is 0.433 bits per heavy atom. The predicted octanol–water partition coefficient (Wildman–Crippen LogP) is 20.9. The fourth-order valence-electron chi connectivity index (χ4n) is 12.6. The van der Waals surface area contributed by atoms with Gasteiger partial charge < -0.3 is 45.1 Å². The van der Waals surface area contributed by atoms with E-state index in [0.29, 0.717) is 19.3 Å². The van der Waals surface area contributed by atoms with Crippen LogP contribution in [0.15, 0.2) is 36.5 Å². The zero-order chi connectivity index (χ0) is 65.3. The van der Waals surface area contributed by atoms with Crippen molar-refractivity contribution in [2.24, 2.45) is 0 Å². The number of carbonyl (C=O) groups excluding carboxylic acids is 2. The van der Waals surface area contributed by atoms with Crippen LogP contribution in [0.1, 0.15) is 393 Å². The predicted molar refractivity (Wildman–Crippen MR) is 380 cm³/mol. The molecular weight excluding hydrogens is 1120 g/mol. The van der Waals surface area contributed by atoms with Gasteiger partial charge in [0.25, 0.3) is 0 Å². The van der Waals surface area contributed by atoms with Crippen LogP contribution in [0.4, 0.5) is 0 Å². The second kappa shape index (κ2) is 66.9. The van der Waals surface area contributed by atoms with Crippen molar-refractivity contribution < 1.29 is 49.3 Å². The van der Waals surface area contributed by atoms with Crippen LogP contribution >= 0.6 is 0 Å². The Labute approximate surface area is 555 Å². The van der Waals surface area contributed by atoms with E-state index in [1.54, 1.807) is 6.08 Å². The zero-order valence-corrected chi connectivity index (χ0v) is 59.3. The molecule has 1 aliphatic rings. The number of esters is 1. The first-order chi connectivity index (χ1) is 44.2. The fraction of sp³-hybridized carbons (Fsp3) is 0.899. The highest BCUT2D eigenvalue weighted by Crippen LogP contribution is 2.27. The van der Waals surface area contributed by atoms with Crippen LogP contribution in [0.2, 0.25) is 0 Å². The van der Waals surface area contributed by atoms with Gasteiger partial charge in [-0.15, -0.1) is 0 Å². The third-order valence-corrected chi connectivity index (χ3v) is 18.8. The number of hydrogen-bond donors (Lipinski definition) is 6. The Bertz CT molecular complexity index is 1610. The summed E-state index contributed by atoms with van der Waals surface area (Å²) in [5, 5.41) is 57.4. The van der Waals surface area contributed by atoms with Crippen molar-refractivity contribution in [3.8, 4) is 0 Å². The van der Waals surface area contributed by atoms with Gasteiger partial charge in [0.2, 0.25) is 5.91 Å². The summed E-state index contributed by atoms with van der Waals surface area (Å²) in [4.78, 5) is 26.8. The summed E-state index contributed by atoms with van der Waals surface area (Å²) in [7, 11) is 0. The van der Waals surface area contributed by atoms with Crippen molar-refractivity contribution in [3.63, 3.8) is 0 Å². The lowest BCUT2D eigenvalue weighted by atomic mass is 9.99. The van der Waals surface area contributed by atoms with Crippen LogP contribution in [0.5, 0.6) is 0 Å². The lowest BCUT2D eigenvalue weighted by molar-refractivity contribution is -0.305. The van der Waals surface area contributed by atoms with E-state index in [-0.39, 0.29) is 13.0 Å². The van der Waals surface area contributed by atoms with Gasteiger partial charge in [0.05, 0.1) is 25.4 Å². The molecule has 1 fully saturated rings. The maximum atomic E-state index is 13.5. The summed E-state index contributed by atoms with van der Waals surface area (Å²) in [5.41, 5.74) is 0. The molecule has 1 heterocycles. The molecule has 11 nitrogen and oxygen atoms in total. The molecule has 8 atom stereocenters. The Morgan fingerprint density at radius 3 is 1.16 bits per heavy atom. The standard InChI is InChI=1S/C79H149NO10/c1-4-7-10-13-16-19-22-25-27-29-31-33-35-36-37-39-40-42-44-46-48-51-54-57-60-63-66-72(83)78(87)80-70(71(82)65-62-59-56-53-50-24-21-18-15-12-9-6-3)69-88-79-77(76(86)75(85)73(68-81)89-79)90-74(84)67-64-61-58-55-52-49-47-45-43-41-38-34-32-30-28-26-23-20-17-14-11-8-5-2/h16,19,25,27,62,65,70-73,75-77,79,81-83,85-86H,4-15,17-18,20-24,26,28-61,63-64,66-69H2,1-3H3,(H,80,87)/b19-16-,27-25-,65-62+. The molecule has 0 saturated carbocycles. The average molecular weight is 1270 g/mol. The SMILES string of the molecule is CCCCC/C=C\C/C=C\CCCCCCCCCCCCCCCCCCC(O)C(=O)NC(COC1OC(CO)C(O)C(O)C1OC(=O)CCCCCCCCCCCCCCCCCCCCCCCCC)C(O)/C=C/CCCCCCCCCCCC. The van der Waals surface area contributed by atoms with Gasteiger partial charge in [-0.1, -0.05) is 365 Å². The summed E-state index contributed by atoms with van der Waals surface area (Å²) >= 11 is 0. The smallest absolute Gasteiger partial charge is 0.306 e. The minimum atomic E-state index is -1.61. The van der Waals surface area contributed by atoms with E-state index in [1.807, 2.05) is 6.08 Å². The van der Waals surface area contributed by atoms with Crippen molar-refractivity contribution in [3.05, 3.63) is 36.5 Å². The van der Waals surface area contributed by atoms with Crippen molar-refractivity contribution in [2.45, 2.75) is 442 Å². The number of hydrogen-bond acceptors (Lipinski definition) is 10. The Hall–Kier alpha value is -2.12. The maximum Gasteiger partial charge on any atom is 0.306 e. The van der Waals surface area contributed by atoms with Gasteiger partial charge >= 0.3 is 5.97 Å². The Morgan fingerprint density at radius 2 is 0.767 bits per heavy atom. The first-order valence-electron chi connectivity index (χ1n) is 39.3. The van der Waals surface area contributed by atoms with Gasteiger partial charge in [-0.3, -0.25) is 9.59 Å². The minimum Gasteiger partial charge on any atom is -0.454 e. The highest BCUT2D eigenvalue weighted by Gasteiger charge is 2.47. The van der Waals surface area contributed by atoms with Gasteiger partial charge in [0.15, 0.2) is 12.4 Å². The van der Waals surface area contributed by atoms with E-state index in [1.165, 1.54) is 283 Å². The van der Waals surface area contributed by atoms with E-state index < -0.39 is 67.4 Å². The normalized spacial score (nSPS) is 18.2. The number of ether oxygens (including phenoxy) is 3. The number of allylic oxidation sites excluding steroid dienone is 5. The molecular formula is C79H149NO10. The molecule has 11 heteroatoms. The van der Waals surface area contributed by atoms with Gasteiger partial charge in [0, 0.05) is 6.42 Å². The van der Waals surface area contributed by atoms with E-state index in [9.17, 15) is 35.1 Å². The number of unbranched alkanes of at least 4 members (excludes halogenated alkanes) is 51. The average Bonchev–Trinajstić information content (AvgIpc) is 1.11. The van der Waals surface area contributed by atoms with Gasteiger partial charge in [-0.25, -0.2) is 0 Å². The summed E-state index contributed by atoms with van der Waals surface area (Å²) in [5.74, 6) is -1.17. The lowest BCUT2D eigenvalue weighted by Gasteiger charge is -2.41. The summed E-state index contributed by atoms with van der Waals surface area (Å²) < 4.78 is 17.8. The van der Waals surface area contributed by atoms with Crippen molar-refractivity contribution in [1.29, 1.82) is 0 Å². The Kier molecular flexibility index (Phi) is 63.8. The number of aliphatic hydroxyl groups excluding tert-OH is 5.